The zero-order chi connectivity index (χ0) is 12.4. The van der Waals surface area contributed by atoms with Crippen LogP contribution in [0.5, 0.6) is 0 Å². The molecule has 3 rings (SSSR count). The summed E-state index contributed by atoms with van der Waals surface area (Å²) >= 11 is 0. The number of furan rings is 1. The van der Waals surface area contributed by atoms with Crippen LogP contribution >= 0.6 is 0 Å². The van der Waals surface area contributed by atoms with Crippen LogP contribution in [0, 0.1) is 11.8 Å². The molecule has 1 aromatic heterocycles. The first kappa shape index (κ1) is 12.3. The van der Waals surface area contributed by atoms with Gasteiger partial charge in [0.15, 0.2) is 0 Å². The Balaban J connectivity index is 1.85. The quantitative estimate of drug-likeness (QED) is 0.849. The Kier molecular flexibility index (Phi) is 3.47. The van der Waals surface area contributed by atoms with E-state index in [9.17, 15) is 5.11 Å². The average molecular weight is 248 g/mol. The summed E-state index contributed by atoms with van der Waals surface area (Å²) in [5.74, 6) is 1.92. The lowest BCUT2D eigenvalue weighted by molar-refractivity contribution is -0.0974. The van der Waals surface area contributed by atoms with Gasteiger partial charge in [0.25, 0.3) is 0 Å². The predicted molar refractivity (Wildman–Crippen MR) is 71.1 cm³/mol. The maximum Gasteiger partial charge on any atom is 0.135 e. The van der Waals surface area contributed by atoms with Crippen LogP contribution in [0.4, 0.5) is 0 Å². The van der Waals surface area contributed by atoms with Crippen LogP contribution in [0.1, 0.15) is 63.5 Å². The smallest absolute Gasteiger partial charge is 0.135 e. The largest absolute Gasteiger partial charge is 0.466 e. The molecule has 18 heavy (non-hydrogen) atoms. The Morgan fingerprint density at radius 3 is 2.56 bits per heavy atom. The first-order chi connectivity index (χ1) is 8.81. The summed E-state index contributed by atoms with van der Waals surface area (Å²) in [6, 6.07) is 3.86. The molecule has 0 aliphatic heterocycles. The minimum absolute atomic E-state index is 0.415. The number of hydrogen-bond acceptors (Lipinski definition) is 2. The Bertz CT molecular complexity index is 364. The van der Waals surface area contributed by atoms with Crippen molar-refractivity contribution >= 4 is 0 Å². The highest BCUT2D eigenvalue weighted by Crippen LogP contribution is 2.48. The van der Waals surface area contributed by atoms with Crippen molar-refractivity contribution in [1.82, 2.24) is 0 Å². The normalized spacial score (nSPS) is 34.6. The minimum atomic E-state index is -0.691. The maximum absolute atomic E-state index is 11.1. The third kappa shape index (κ3) is 2.11. The summed E-state index contributed by atoms with van der Waals surface area (Å²) in [6.45, 7) is 0. The second-order valence-corrected chi connectivity index (χ2v) is 6.15. The maximum atomic E-state index is 11.1. The van der Waals surface area contributed by atoms with Crippen LogP contribution in [0.2, 0.25) is 0 Å². The molecule has 2 heteroatoms. The molecule has 2 atom stereocenters. The van der Waals surface area contributed by atoms with Gasteiger partial charge in [-0.1, -0.05) is 44.9 Å². The third-order valence-corrected chi connectivity index (χ3v) is 5.10. The highest BCUT2D eigenvalue weighted by molar-refractivity contribution is 5.13. The van der Waals surface area contributed by atoms with E-state index in [1.807, 2.05) is 12.1 Å². The Labute approximate surface area is 109 Å². The van der Waals surface area contributed by atoms with Gasteiger partial charge >= 0.3 is 0 Å². The summed E-state index contributed by atoms with van der Waals surface area (Å²) in [5, 5.41) is 11.1. The van der Waals surface area contributed by atoms with Crippen molar-refractivity contribution < 1.29 is 9.52 Å². The summed E-state index contributed by atoms with van der Waals surface area (Å²) in [4.78, 5) is 0. The molecular formula is C16H24O2. The fraction of sp³-hybridized carbons (Fsp3) is 0.750. The summed E-state index contributed by atoms with van der Waals surface area (Å²) in [7, 11) is 0. The summed E-state index contributed by atoms with van der Waals surface area (Å²) in [5.41, 5.74) is -0.691. The van der Waals surface area contributed by atoms with Gasteiger partial charge in [0.1, 0.15) is 11.4 Å². The van der Waals surface area contributed by atoms with E-state index in [1.165, 1.54) is 44.9 Å². The molecule has 2 saturated carbocycles. The van der Waals surface area contributed by atoms with Gasteiger partial charge in [0.2, 0.25) is 0 Å². The van der Waals surface area contributed by atoms with Crippen molar-refractivity contribution in [1.29, 1.82) is 0 Å². The monoisotopic (exact) mass is 248 g/mol. The van der Waals surface area contributed by atoms with E-state index in [1.54, 1.807) is 6.26 Å². The van der Waals surface area contributed by atoms with Gasteiger partial charge in [-0.2, -0.15) is 0 Å². The molecule has 100 valence electrons. The van der Waals surface area contributed by atoms with Crippen LogP contribution in [0.25, 0.3) is 0 Å². The minimum Gasteiger partial charge on any atom is -0.466 e. The van der Waals surface area contributed by atoms with Gasteiger partial charge < -0.3 is 9.52 Å². The van der Waals surface area contributed by atoms with Gasteiger partial charge in [-0.3, -0.25) is 0 Å². The van der Waals surface area contributed by atoms with E-state index in [4.69, 9.17) is 4.42 Å². The van der Waals surface area contributed by atoms with Crippen molar-refractivity contribution in [3.05, 3.63) is 24.2 Å². The van der Waals surface area contributed by atoms with Gasteiger partial charge in [-0.25, -0.2) is 0 Å². The SMILES string of the molecule is OC1(c2ccco2)CCCCC1C1CCCCC1. The van der Waals surface area contributed by atoms with E-state index in [0.717, 1.165) is 18.6 Å². The van der Waals surface area contributed by atoms with Gasteiger partial charge in [0, 0.05) is 0 Å². The molecule has 2 aliphatic rings. The molecule has 2 fully saturated rings. The molecule has 0 saturated heterocycles. The van der Waals surface area contributed by atoms with E-state index < -0.39 is 5.60 Å². The Morgan fingerprint density at radius 1 is 1.06 bits per heavy atom. The van der Waals surface area contributed by atoms with Crippen LogP contribution in [-0.4, -0.2) is 5.11 Å². The molecule has 1 heterocycles. The molecule has 2 unspecified atom stereocenters. The first-order valence-corrected chi connectivity index (χ1v) is 7.57. The molecule has 2 aliphatic carbocycles. The Morgan fingerprint density at radius 2 is 1.83 bits per heavy atom. The molecule has 0 aromatic carbocycles. The van der Waals surface area contributed by atoms with Crippen molar-refractivity contribution in [2.24, 2.45) is 11.8 Å². The lowest BCUT2D eigenvalue weighted by Crippen LogP contribution is -2.42. The molecular weight excluding hydrogens is 224 g/mol. The topological polar surface area (TPSA) is 33.4 Å². The van der Waals surface area contributed by atoms with Crippen LogP contribution in [-0.2, 0) is 5.60 Å². The third-order valence-electron chi connectivity index (χ3n) is 5.10. The second kappa shape index (κ2) is 5.08. The first-order valence-electron chi connectivity index (χ1n) is 7.57. The predicted octanol–water partition coefficient (Wildman–Crippen LogP) is 4.24. The van der Waals surface area contributed by atoms with Crippen LogP contribution < -0.4 is 0 Å². The van der Waals surface area contributed by atoms with E-state index in [-0.39, 0.29) is 0 Å². The standard InChI is InChI=1S/C16H24O2/c17-16(15-10-6-12-18-15)11-5-4-9-14(16)13-7-2-1-3-8-13/h6,10,12-14,17H,1-5,7-9,11H2. The van der Waals surface area contributed by atoms with Crippen molar-refractivity contribution in [2.45, 2.75) is 63.4 Å². The lowest BCUT2D eigenvalue weighted by atomic mass is 9.64. The summed E-state index contributed by atoms with van der Waals surface area (Å²) in [6.07, 6.45) is 12.8. The van der Waals surface area contributed by atoms with Gasteiger partial charge in [-0.15, -0.1) is 0 Å². The van der Waals surface area contributed by atoms with E-state index in [2.05, 4.69) is 0 Å². The molecule has 0 spiro atoms. The molecule has 2 nitrogen and oxygen atoms in total. The van der Waals surface area contributed by atoms with E-state index in [0.29, 0.717) is 11.8 Å². The average Bonchev–Trinajstić information content (AvgIpc) is 2.95. The molecule has 0 bridgehead atoms. The van der Waals surface area contributed by atoms with Crippen molar-refractivity contribution in [3.8, 4) is 0 Å². The number of rotatable bonds is 2. The number of hydrogen-bond donors (Lipinski definition) is 1. The molecule has 0 amide bonds. The van der Waals surface area contributed by atoms with E-state index >= 15 is 0 Å². The van der Waals surface area contributed by atoms with Gasteiger partial charge in [-0.05, 0) is 36.8 Å². The fourth-order valence-corrected chi connectivity index (χ4v) is 4.18. The number of aliphatic hydroxyl groups is 1. The zero-order valence-corrected chi connectivity index (χ0v) is 11.1. The van der Waals surface area contributed by atoms with Crippen LogP contribution in [0.3, 0.4) is 0 Å². The Hall–Kier alpha value is -0.760. The highest BCUT2D eigenvalue weighted by Gasteiger charge is 2.46. The molecule has 0 radical (unpaired) electrons. The second-order valence-electron chi connectivity index (χ2n) is 6.15. The van der Waals surface area contributed by atoms with Crippen molar-refractivity contribution in [2.75, 3.05) is 0 Å². The lowest BCUT2D eigenvalue weighted by Gasteiger charge is -2.44. The molecule has 1 N–H and O–H groups in total. The van der Waals surface area contributed by atoms with Crippen molar-refractivity contribution in [3.63, 3.8) is 0 Å². The molecule has 1 aromatic rings. The highest BCUT2D eigenvalue weighted by atomic mass is 16.4. The van der Waals surface area contributed by atoms with Crippen LogP contribution in [0.15, 0.2) is 22.8 Å². The van der Waals surface area contributed by atoms with Gasteiger partial charge in [0.05, 0.1) is 6.26 Å². The summed E-state index contributed by atoms with van der Waals surface area (Å²) < 4.78 is 5.55. The zero-order valence-electron chi connectivity index (χ0n) is 11.1. The fourth-order valence-electron chi connectivity index (χ4n) is 4.18.